The minimum atomic E-state index is -4.02. The second-order valence-electron chi connectivity index (χ2n) is 14.1. The molecule has 12 heteroatoms. The fourth-order valence-corrected chi connectivity index (χ4v) is 8.47. The van der Waals surface area contributed by atoms with Gasteiger partial charge in [-0.2, -0.15) is 0 Å². The number of carbonyl (C=O) groups excluding carboxylic acids is 2. The van der Waals surface area contributed by atoms with Crippen LogP contribution in [0.25, 0.3) is 33.5 Å². The highest BCUT2D eigenvalue weighted by Gasteiger charge is 2.26. The molecule has 0 spiro atoms. The summed E-state index contributed by atoms with van der Waals surface area (Å²) in [5.41, 5.74) is 9.41. The average molecular weight is 721 g/mol. The van der Waals surface area contributed by atoms with Crippen LogP contribution in [0.1, 0.15) is 51.0 Å². The molecule has 2 aromatic heterocycles. The summed E-state index contributed by atoms with van der Waals surface area (Å²) in [7, 11) is -0.598. The van der Waals surface area contributed by atoms with Gasteiger partial charge >= 0.3 is 0 Å². The minimum absolute atomic E-state index is 0.0519. The molecule has 0 unspecified atom stereocenters. The van der Waals surface area contributed by atoms with Gasteiger partial charge in [-0.25, -0.2) is 22.4 Å². The quantitative estimate of drug-likeness (QED) is 0.218. The van der Waals surface area contributed by atoms with Crippen molar-refractivity contribution in [3.8, 4) is 22.4 Å². The molecule has 0 saturated carbocycles. The first-order chi connectivity index (χ1) is 24.9. The molecule has 11 nitrogen and oxygen atoms in total. The van der Waals surface area contributed by atoms with Crippen LogP contribution < -0.4 is 5.32 Å². The van der Waals surface area contributed by atoms with Gasteiger partial charge in [0.05, 0.1) is 29.4 Å². The zero-order valence-corrected chi connectivity index (χ0v) is 31.1. The van der Waals surface area contributed by atoms with Gasteiger partial charge in [-0.3, -0.25) is 14.5 Å². The molecule has 1 saturated heterocycles. The molecule has 1 fully saturated rings. The van der Waals surface area contributed by atoms with E-state index in [1.54, 1.807) is 56.8 Å². The normalized spacial score (nSPS) is 16.2. The molecule has 0 radical (unpaired) electrons. The first kappa shape index (κ1) is 35.5. The van der Waals surface area contributed by atoms with E-state index in [1.165, 1.54) is 20.0 Å². The largest absolute Gasteiger partial charge is 0.379 e. The Kier molecular flexibility index (Phi) is 9.73. The molecule has 0 aliphatic carbocycles. The second-order valence-corrected chi connectivity index (χ2v) is 16.0. The van der Waals surface area contributed by atoms with Crippen molar-refractivity contribution in [1.82, 2.24) is 29.1 Å². The van der Waals surface area contributed by atoms with Crippen molar-refractivity contribution in [1.29, 1.82) is 0 Å². The van der Waals surface area contributed by atoms with Crippen molar-refractivity contribution >= 4 is 33.0 Å². The standard InChI is InChI=1S/C40H44N6O5S/c1-25-6-9-32(10-7-25)52(49,50)46-23-35(28-8-11-34(27(3)18-28)40(48)44(4)5)38-39(46)41-21-36(43-38)29-19-26(2)33-12-15-45(22-30(33)20-29)16-13-37(47)42-31-14-17-51-24-31/h6-11,18-21,23,31H,12-17,22,24H2,1-5H3,(H,42,47)/t31-/m1/s1. The molecule has 3 aromatic carbocycles. The molecular formula is C40H44N6O5S. The van der Waals surface area contributed by atoms with E-state index in [-0.39, 0.29) is 28.4 Å². The minimum Gasteiger partial charge on any atom is -0.379 e. The number of rotatable bonds is 9. The second kappa shape index (κ2) is 14.3. The number of nitrogens with one attached hydrogen (secondary N) is 1. The maximum atomic E-state index is 14.1. The summed E-state index contributed by atoms with van der Waals surface area (Å²) in [6.45, 7) is 9.42. The number of aromatic nitrogens is 3. The maximum absolute atomic E-state index is 14.1. The monoisotopic (exact) mass is 720 g/mol. The molecule has 2 aliphatic rings. The molecule has 270 valence electrons. The highest BCUT2D eigenvalue weighted by molar-refractivity contribution is 7.90. The Hall–Kier alpha value is -4.91. The van der Waals surface area contributed by atoms with Crippen molar-refractivity contribution in [3.63, 3.8) is 0 Å². The molecule has 52 heavy (non-hydrogen) atoms. The first-order valence-electron chi connectivity index (χ1n) is 17.6. The van der Waals surface area contributed by atoms with Gasteiger partial charge in [0.25, 0.3) is 15.9 Å². The van der Waals surface area contributed by atoms with Gasteiger partial charge in [0, 0.05) is 69.6 Å². The van der Waals surface area contributed by atoms with Gasteiger partial charge in [-0.1, -0.05) is 29.8 Å². The van der Waals surface area contributed by atoms with Gasteiger partial charge < -0.3 is 15.0 Å². The van der Waals surface area contributed by atoms with Crippen LogP contribution in [-0.2, 0) is 32.5 Å². The van der Waals surface area contributed by atoms with Crippen LogP contribution >= 0.6 is 0 Å². The Morgan fingerprint density at radius 3 is 2.48 bits per heavy atom. The van der Waals surface area contributed by atoms with Crippen LogP contribution in [0.4, 0.5) is 0 Å². The predicted octanol–water partition coefficient (Wildman–Crippen LogP) is 5.28. The van der Waals surface area contributed by atoms with Crippen LogP contribution in [0.5, 0.6) is 0 Å². The van der Waals surface area contributed by atoms with Crippen molar-refractivity contribution in [2.75, 3.05) is 40.4 Å². The summed E-state index contributed by atoms with van der Waals surface area (Å²) >= 11 is 0. The van der Waals surface area contributed by atoms with E-state index in [0.29, 0.717) is 55.1 Å². The molecule has 0 bridgehead atoms. The van der Waals surface area contributed by atoms with Crippen molar-refractivity contribution in [3.05, 3.63) is 100 Å². The third kappa shape index (κ3) is 6.98. The Balaban J connectivity index is 1.25. The lowest BCUT2D eigenvalue weighted by atomic mass is 9.92. The molecule has 1 atom stereocenters. The van der Waals surface area contributed by atoms with E-state index >= 15 is 0 Å². The molecule has 5 aromatic rings. The molecular weight excluding hydrogens is 677 g/mol. The van der Waals surface area contributed by atoms with Gasteiger partial charge in [-0.05, 0) is 91.8 Å². The van der Waals surface area contributed by atoms with Crippen molar-refractivity contribution in [2.24, 2.45) is 0 Å². The number of amides is 2. The van der Waals surface area contributed by atoms with E-state index in [1.807, 2.05) is 26.0 Å². The maximum Gasteiger partial charge on any atom is 0.269 e. The number of aryl methyl sites for hydroxylation is 3. The van der Waals surface area contributed by atoms with Crippen molar-refractivity contribution in [2.45, 2.75) is 57.5 Å². The van der Waals surface area contributed by atoms with Crippen LogP contribution in [0.15, 0.2) is 71.9 Å². The Bertz CT molecular complexity index is 2290. The van der Waals surface area contributed by atoms with Gasteiger partial charge in [0.2, 0.25) is 5.91 Å². The lowest BCUT2D eigenvalue weighted by Gasteiger charge is -2.30. The zero-order chi connectivity index (χ0) is 36.7. The highest BCUT2D eigenvalue weighted by Crippen LogP contribution is 2.35. The zero-order valence-electron chi connectivity index (χ0n) is 30.3. The highest BCUT2D eigenvalue weighted by atomic mass is 32.2. The number of hydrogen-bond acceptors (Lipinski definition) is 8. The molecule has 4 heterocycles. The van der Waals surface area contributed by atoms with E-state index < -0.39 is 10.0 Å². The summed E-state index contributed by atoms with van der Waals surface area (Å²) < 4.78 is 34.7. The summed E-state index contributed by atoms with van der Waals surface area (Å²) in [5.74, 6) is -0.0598. The lowest BCUT2D eigenvalue weighted by Crippen LogP contribution is -2.38. The number of benzene rings is 3. The number of hydrogen-bond donors (Lipinski definition) is 1. The van der Waals surface area contributed by atoms with Crippen LogP contribution in [-0.4, -0.2) is 90.4 Å². The fraction of sp³-hybridized carbons (Fsp3) is 0.350. The van der Waals surface area contributed by atoms with E-state index in [4.69, 9.17) is 14.7 Å². The Morgan fingerprint density at radius 2 is 1.77 bits per heavy atom. The summed E-state index contributed by atoms with van der Waals surface area (Å²) in [5, 5.41) is 3.08. The fourth-order valence-electron chi connectivity index (χ4n) is 7.16. The SMILES string of the molecule is Cc1ccc(S(=O)(=O)n2cc(-c3ccc(C(=O)N(C)C)c(C)c3)c3nc(-c4cc(C)c5c(c4)CN(CCC(=O)N[C@@H]4CCOC4)CC5)cnc32)cc1. The molecule has 2 amide bonds. The van der Waals surface area contributed by atoms with Crippen molar-refractivity contribution < 1.29 is 22.7 Å². The van der Waals surface area contributed by atoms with Crippen LogP contribution in [0, 0.1) is 20.8 Å². The average Bonchev–Trinajstić information content (AvgIpc) is 3.78. The predicted molar refractivity (Wildman–Crippen MR) is 201 cm³/mol. The van der Waals surface area contributed by atoms with E-state index in [0.717, 1.165) is 47.2 Å². The third-order valence-corrected chi connectivity index (χ3v) is 11.8. The topological polar surface area (TPSA) is 127 Å². The van der Waals surface area contributed by atoms with E-state index in [2.05, 4.69) is 29.3 Å². The van der Waals surface area contributed by atoms with Crippen LogP contribution in [0.2, 0.25) is 0 Å². The molecule has 2 aliphatic heterocycles. The molecule has 7 rings (SSSR count). The summed E-state index contributed by atoms with van der Waals surface area (Å²) in [4.78, 5) is 39.3. The van der Waals surface area contributed by atoms with Gasteiger partial charge in [0.1, 0.15) is 5.52 Å². The lowest BCUT2D eigenvalue weighted by molar-refractivity contribution is -0.122. The smallest absolute Gasteiger partial charge is 0.269 e. The number of fused-ring (bicyclic) bond motifs is 2. The Labute approximate surface area is 304 Å². The number of ether oxygens (including phenoxy) is 1. The van der Waals surface area contributed by atoms with Crippen LogP contribution in [0.3, 0.4) is 0 Å². The number of nitrogens with zero attached hydrogens (tertiary/aromatic N) is 5. The first-order valence-corrected chi connectivity index (χ1v) is 19.1. The Morgan fingerprint density at radius 1 is 1.00 bits per heavy atom. The van der Waals surface area contributed by atoms with Gasteiger partial charge in [0.15, 0.2) is 5.65 Å². The number of carbonyl (C=O) groups is 2. The summed E-state index contributed by atoms with van der Waals surface area (Å²) in [6, 6.07) is 16.6. The molecule has 1 N–H and O–H groups in total. The third-order valence-electron chi connectivity index (χ3n) is 10.1. The summed E-state index contributed by atoms with van der Waals surface area (Å²) in [6.07, 6.45) is 5.40. The van der Waals surface area contributed by atoms with Gasteiger partial charge in [-0.15, -0.1) is 0 Å². The van der Waals surface area contributed by atoms with E-state index in [9.17, 15) is 18.0 Å².